The third-order valence-corrected chi connectivity index (χ3v) is 5.19. The highest BCUT2D eigenvalue weighted by Gasteiger charge is 2.27. The molecule has 0 fully saturated rings. The molecule has 1 aromatic heterocycles. The zero-order chi connectivity index (χ0) is 10.3. The van der Waals surface area contributed by atoms with E-state index in [9.17, 15) is 13.2 Å². The molecule has 1 heterocycles. The lowest BCUT2D eigenvalue weighted by molar-refractivity contribution is 0.0970. The molecule has 76 valence electrons. The van der Waals surface area contributed by atoms with Crippen LogP contribution >= 0.6 is 11.3 Å². The quantitative estimate of drug-likeness (QED) is 0.737. The Morgan fingerprint density at radius 2 is 2.07 bits per heavy atom. The molecule has 0 unspecified atom stereocenters. The molecule has 14 heavy (non-hydrogen) atoms. The summed E-state index contributed by atoms with van der Waals surface area (Å²) in [6.07, 6.45) is 3.30. The minimum absolute atomic E-state index is 0.0204. The van der Waals surface area contributed by atoms with Crippen LogP contribution in [0.4, 0.5) is 0 Å². The maximum Gasteiger partial charge on any atom is 0.185 e. The number of Topliss-reactive ketones (excluding diaryl/α,β-unsaturated/α-hetero) is 1. The van der Waals surface area contributed by atoms with E-state index in [1.165, 1.54) is 11.3 Å². The fraction of sp³-hybridized carbons (Fsp3) is 0.444. The first kappa shape index (κ1) is 9.86. The van der Waals surface area contributed by atoms with Gasteiger partial charge in [0, 0.05) is 12.7 Å². The molecule has 1 aliphatic carbocycles. The van der Waals surface area contributed by atoms with Gasteiger partial charge in [0.1, 0.15) is 4.21 Å². The maximum absolute atomic E-state index is 11.6. The van der Waals surface area contributed by atoms with Gasteiger partial charge in [0.25, 0.3) is 0 Å². The summed E-state index contributed by atoms with van der Waals surface area (Å²) in [7, 11) is -3.24. The molecule has 0 amide bonds. The van der Waals surface area contributed by atoms with E-state index in [0.717, 1.165) is 24.7 Å². The smallest absolute Gasteiger partial charge is 0.185 e. The molecular formula is C9H10O3S2. The zero-order valence-corrected chi connectivity index (χ0v) is 9.37. The van der Waals surface area contributed by atoms with Crippen molar-refractivity contribution in [1.82, 2.24) is 0 Å². The Labute approximate surface area is 86.7 Å². The van der Waals surface area contributed by atoms with Crippen LogP contribution in [0.25, 0.3) is 0 Å². The SMILES string of the molecule is CS(=O)(=O)c1scc2c1C(=O)CCC2. The van der Waals surface area contributed by atoms with Crippen LogP contribution in [0.5, 0.6) is 0 Å². The van der Waals surface area contributed by atoms with Gasteiger partial charge in [-0.05, 0) is 23.8 Å². The van der Waals surface area contributed by atoms with Crippen LogP contribution in [0.15, 0.2) is 9.59 Å². The lowest BCUT2D eigenvalue weighted by Crippen LogP contribution is -2.12. The number of ketones is 1. The van der Waals surface area contributed by atoms with Crippen molar-refractivity contribution in [3.63, 3.8) is 0 Å². The first-order valence-corrected chi connectivity index (χ1v) is 7.11. The number of fused-ring (bicyclic) bond motifs is 1. The van der Waals surface area contributed by atoms with Crippen molar-refractivity contribution in [2.45, 2.75) is 23.5 Å². The Morgan fingerprint density at radius 1 is 1.36 bits per heavy atom. The van der Waals surface area contributed by atoms with Crippen molar-refractivity contribution < 1.29 is 13.2 Å². The Balaban J connectivity index is 2.66. The van der Waals surface area contributed by atoms with Gasteiger partial charge < -0.3 is 0 Å². The molecule has 0 radical (unpaired) electrons. The lowest BCUT2D eigenvalue weighted by atomic mass is 9.95. The van der Waals surface area contributed by atoms with Gasteiger partial charge in [-0.3, -0.25) is 4.79 Å². The summed E-state index contributed by atoms with van der Waals surface area (Å²) in [5.41, 5.74) is 1.37. The van der Waals surface area contributed by atoms with Gasteiger partial charge in [0.05, 0.1) is 5.56 Å². The molecule has 0 aliphatic heterocycles. The van der Waals surface area contributed by atoms with Crippen molar-refractivity contribution in [3.05, 3.63) is 16.5 Å². The molecule has 0 aromatic carbocycles. The number of sulfone groups is 1. The average Bonchev–Trinajstić information content (AvgIpc) is 2.47. The average molecular weight is 230 g/mol. The molecule has 1 aromatic rings. The summed E-state index contributed by atoms with van der Waals surface area (Å²) in [6.45, 7) is 0. The van der Waals surface area contributed by atoms with E-state index in [4.69, 9.17) is 0 Å². The van der Waals surface area contributed by atoms with E-state index in [0.29, 0.717) is 12.0 Å². The highest BCUT2D eigenvalue weighted by Crippen LogP contribution is 2.32. The number of carbonyl (C=O) groups excluding carboxylic acids is 1. The molecular weight excluding hydrogens is 220 g/mol. The zero-order valence-electron chi connectivity index (χ0n) is 7.74. The minimum Gasteiger partial charge on any atom is -0.294 e. The fourth-order valence-corrected chi connectivity index (χ4v) is 3.99. The molecule has 0 saturated carbocycles. The maximum atomic E-state index is 11.6. The first-order chi connectivity index (χ1) is 6.50. The highest BCUT2D eigenvalue weighted by atomic mass is 32.2. The number of hydrogen-bond donors (Lipinski definition) is 0. The fourth-order valence-electron chi connectivity index (χ4n) is 1.69. The van der Waals surface area contributed by atoms with Crippen LogP contribution < -0.4 is 0 Å². The largest absolute Gasteiger partial charge is 0.294 e. The summed E-state index contributed by atoms with van der Waals surface area (Å²) in [5.74, 6) is -0.0204. The van der Waals surface area contributed by atoms with Gasteiger partial charge in [0.15, 0.2) is 15.6 Å². The summed E-state index contributed by atoms with van der Waals surface area (Å²) in [6, 6.07) is 0. The third-order valence-electron chi connectivity index (χ3n) is 2.30. The summed E-state index contributed by atoms with van der Waals surface area (Å²) in [5, 5.41) is 1.79. The van der Waals surface area contributed by atoms with Crippen molar-refractivity contribution in [1.29, 1.82) is 0 Å². The molecule has 5 heteroatoms. The van der Waals surface area contributed by atoms with Crippen LogP contribution in [0.3, 0.4) is 0 Å². The minimum atomic E-state index is -3.24. The molecule has 3 nitrogen and oxygen atoms in total. The molecule has 0 bridgehead atoms. The molecule has 0 N–H and O–H groups in total. The standard InChI is InChI=1S/C9H10O3S2/c1-14(11,12)9-8-6(5-13-9)3-2-4-7(8)10/h5H,2-4H2,1H3. The van der Waals surface area contributed by atoms with Crippen LogP contribution in [-0.4, -0.2) is 20.5 Å². The lowest BCUT2D eigenvalue weighted by Gasteiger charge is -2.10. The summed E-state index contributed by atoms with van der Waals surface area (Å²) >= 11 is 1.17. The van der Waals surface area contributed by atoms with Crippen LogP contribution in [-0.2, 0) is 16.3 Å². The number of carbonyl (C=O) groups is 1. The predicted molar refractivity (Wildman–Crippen MR) is 54.7 cm³/mol. The Morgan fingerprint density at radius 3 is 2.71 bits per heavy atom. The van der Waals surface area contributed by atoms with Crippen molar-refractivity contribution >= 4 is 27.0 Å². The van der Waals surface area contributed by atoms with Crippen LogP contribution in [0.2, 0.25) is 0 Å². The van der Waals surface area contributed by atoms with E-state index in [-0.39, 0.29) is 9.99 Å². The number of thiophene rings is 1. The second-order valence-corrected chi connectivity index (χ2v) is 6.56. The Kier molecular flexibility index (Phi) is 2.23. The first-order valence-electron chi connectivity index (χ1n) is 4.34. The van der Waals surface area contributed by atoms with Crippen LogP contribution in [0, 0.1) is 0 Å². The number of aryl methyl sites for hydroxylation is 1. The van der Waals surface area contributed by atoms with Gasteiger partial charge in [0.2, 0.25) is 0 Å². The van der Waals surface area contributed by atoms with Gasteiger partial charge in [-0.1, -0.05) is 0 Å². The van der Waals surface area contributed by atoms with E-state index in [2.05, 4.69) is 0 Å². The molecule has 0 spiro atoms. The second-order valence-electron chi connectivity index (χ2n) is 3.47. The van der Waals surface area contributed by atoms with E-state index < -0.39 is 9.84 Å². The van der Waals surface area contributed by atoms with Gasteiger partial charge in [-0.2, -0.15) is 0 Å². The van der Waals surface area contributed by atoms with Gasteiger partial charge >= 0.3 is 0 Å². The number of rotatable bonds is 1. The van der Waals surface area contributed by atoms with Crippen molar-refractivity contribution in [2.75, 3.05) is 6.26 Å². The Bertz CT molecular complexity index is 482. The summed E-state index contributed by atoms with van der Waals surface area (Å²) < 4.78 is 23.0. The van der Waals surface area contributed by atoms with Gasteiger partial charge in [-0.25, -0.2) is 8.42 Å². The third kappa shape index (κ3) is 1.50. The van der Waals surface area contributed by atoms with E-state index in [1.807, 2.05) is 0 Å². The van der Waals surface area contributed by atoms with Crippen molar-refractivity contribution in [3.8, 4) is 0 Å². The predicted octanol–water partition coefficient (Wildman–Crippen LogP) is 1.67. The summed E-state index contributed by atoms with van der Waals surface area (Å²) in [4.78, 5) is 11.6. The second kappa shape index (κ2) is 3.17. The van der Waals surface area contributed by atoms with E-state index in [1.54, 1.807) is 5.38 Å². The monoisotopic (exact) mass is 230 g/mol. The van der Waals surface area contributed by atoms with E-state index >= 15 is 0 Å². The van der Waals surface area contributed by atoms with Crippen LogP contribution in [0.1, 0.15) is 28.8 Å². The Hall–Kier alpha value is -0.680. The molecule has 2 rings (SSSR count). The normalized spacial score (nSPS) is 16.8. The van der Waals surface area contributed by atoms with Gasteiger partial charge in [-0.15, -0.1) is 11.3 Å². The highest BCUT2D eigenvalue weighted by molar-refractivity contribution is 7.92. The number of hydrogen-bond acceptors (Lipinski definition) is 4. The topological polar surface area (TPSA) is 51.2 Å². The van der Waals surface area contributed by atoms with Crippen molar-refractivity contribution in [2.24, 2.45) is 0 Å². The molecule has 0 saturated heterocycles. The molecule has 0 atom stereocenters. The molecule has 1 aliphatic rings.